The minimum absolute atomic E-state index is 0.276. The van der Waals surface area contributed by atoms with Crippen LogP contribution in [0.5, 0.6) is 0 Å². The smallest absolute Gasteiger partial charge is 0.315 e. The van der Waals surface area contributed by atoms with E-state index in [9.17, 15) is 4.79 Å². The summed E-state index contributed by atoms with van der Waals surface area (Å²) in [7, 11) is 0. The second-order valence-electron chi connectivity index (χ2n) is 6.41. The lowest BCUT2D eigenvalue weighted by atomic mass is 10.2. The lowest BCUT2D eigenvalue weighted by molar-refractivity contribution is 0.513. The zero-order valence-electron chi connectivity index (χ0n) is 13.3. The van der Waals surface area contributed by atoms with Gasteiger partial charge < -0.3 is 4.57 Å². The molecule has 7 nitrogen and oxygen atoms in total. The number of aromatic nitrogens is 6. The predicted octanol–water partition coefficient (Wildman–Crippen LogP) is 1.80. The van der Waals surface area contributed by atoms with Crippen molar-refractivity contribution in [3.63, 3.8) is 0 Å². The van der Waals surface area contributed by atoms with E-state index in [0.717, 1.165) is 6.54 Å². The van der Waals surface area contributed by atoms with E-state index in [0.29, 0.717) is 41.1 Å². The van der Waals surface area contributed by atoms with Crippen molar-refractivity contribution in [1.82, 2.24) is 29.1 Å². The van der Waals surface area contributed by atoms with Crippen LogP contribution in [-0.4, -0.2) is 29.1 Å². The zero-order chi connectivity index (χ0) is 15.9. The van der Waals surface area contributed by atoms with Gasteiger partial charge in [0, 0.05) is 13.1 Å². The molecule has 2 aliphatic heterocycles. The van der Waals surface area contributed by atoms with E-state index in [1.54, 1.807) is 10.9 Å². The van der Waals surface area contributed by atoms with E-state index < -0.39 is 0 Å². The van der Waals surface area contributed by atoms with E-state index >= 15 is 0 Å². The van der Waals surface area contributed by atoms with Gasteiger partial charge in [-0.15, -0.1) is 0 Å². The van der Waals surface area contributed by atoms with E-state index in [1.807, 2.05) is 4.57 Å². The van der Waals surface area contributed by atoms with Crippen LogP contribution >= 0.6 is 0 Å². The highest BCUT2D eigenvalue weighted by atomic mass is 16.1. The van der Waals surface area contributed by atoms with Gasteiger partial charge in [-0.05, 0) is 11.8 Å². The molecular weight excluding hydrogens is 280 g/mol. The van der Waals surface area contributed by atoms with Crippen LogP contribution in [0.25, 0.3) is 22.7 Å². The molecule has 0 bridgehead atoms. The van der Waals surface area contributed by atoms with Gasteiger partial charge >= 0.3 is 5.69 Å². The van der Waals surface area contributed by atoms with Crippen LogP contribution in [0.15, 0.2) is 17.4 Å². The van der Waals surface area contributed by atoms with Crippen molar-refractivity contribution in [2.75, 3.05) is 0 Å². The summed E-state index contributed by atoms with van der Waals surface area (Å²) in [6.07, 6.45) is 3.24. The first-order chi connectivity index (χ1) is 10.5. The normalized spacial score (nSPS) is 12.1. The molecule has 0 saturated heterocycles. The molecule has 0 aliphatic carbocycles. The molecule has 1 aromatic rings. The van der Waals surface area contributed by atoms with E-state index in [1.165, 1.54) is 6.33 Å². The van der Waals surface area contributed by atoms with Crippen LogP contribution in [0, 0.1) is 11.8 Å². The molecule has 0 unspecified atom stereocenters. The van der Waals surface area contributed by atoms with E-state index in [-0.39, 0.29) is 5.69 Å². The Bertz CT molecular complexity index is 832. The highest BCUT2D eigenvalue weighted by molar-refractivity contribution is 5.84. The third-order valence-electron chi connectivity index (χ3n) is 3.41. The van der Waals surface area contributed by atoms with Gasteiger partial charge in [0.05, 0.1) is 6.33 Å². The van der Waals surface area contributed by atoms with Gasteiger partial charge in [-0.25, -0.2) is 19.7 Å². The van der Waals surface area contributed by atoms with Crippen molar-refractivity contribution < 1.29 is 0 Å². The Morgan fingerprint density at radius 3 is 2.45 bits per heavy atom. The molecule has 0 fully saturated rings. The lowest BCUT2D eigenvalue weighted by Crippen LogP contribution is -2.19. The number of imidazole rings is 2. The summed E-state index contributed by atoms with van der Waals surface area (Å²) in [5.74, 6) is 1.36. The maximum atomic E-state index is 12.2. The van der Waals surface area contributed by atoms with Gasteiger partial charge in [-0.3, -0.25) is 4.57 Å². The molecule has 3 rings (SSSR count). The second kappa shape index (κ2) is 5.47. The first kappa shape index (κ1) is 14.6. The van der Waals surface area contributed by atoms with Crippen molar-refractivity contribution in [1.29, 1.82) is 0 Å². The fraction of sp³-hybridized carbons (Fsp3) is 0.533. The average molecular weight is 300 g/mol. The monoisotopic (exact) mass is 300 g/mol. The Kier molecular flexibility index (Phi) is 3.64. The minimum atomic E-state index is -0.276. The molecule has 2 aliphatic rings. The maximum Gasteiger partial charge on any atom is 0.350 e. The van der Waals surface area contributed by atoms with Crippen LogP contribution < -0.4 is 5.69 Å². The zero-order valence-corrected chi connectivity index (χ0v) is 13.3. The SMILES string of the molecule is CC(C)Cn1c2ncnc3c(ncn3CC(C)C)c-2nc1=O. The molecule has 0 saturated carbocycles. The molecule has 0 amide bonds. The Balaban J connectivity index is 2.21. The van der Waals surface area contributed by atoms with E-state index in [2.05, 4.69) is 47.6 Å². The fourth-order valence-corrected chi connectivity index (χ4v) is 2.59. The predicted molar refractivity (Wildman–Crippen MR) is 83.7 cm³/mol. The number of nitrogens with zero attached hydrogens (tertiary/aromatic N) is 6. The molecule has 0 spiro atoms. The fourth-order valence-electron chi connectivity index (χ4n) is 2.59. The molecule has 7 heteroatoms. The van der Waals surface area contributed by atoms with Crippen LogP contribution in [0.3, 0.4) is 0 Å². The highest BCUT2D eigenvalue weighted by Gasteiger charge is 2.21. The quantitative estimate of drug-likeness (QED) is 0.734. The number of hydrogen-bond donors (Lipinski definition) is 0. The largest absolute Gasteiger partial charge is 0.350 e. The first-order valence-electron chi connectivity index (χ1n) is 7.53. The van der Waals surface area contributed by atoms with Crippen molar-refractivity contribution in [2.24, 2.45) is 11.8 Å². The number of fused-ring (bicyclic) bond motifs is 3. The molecule has 3 heterocycles. The van der Waals surface area contributed by atoms with Gasteiger partial charge in [0.25, 0.3) is 0 Å². The highest BCUT2D eigenvalue weighted by Crippen LogP contribution is 2.23. The summed E-state index contributed by atoms with van der Waals surface area (Å²) in [6, 6.07) is 0. The van der Waals surface area contributed by atoms with Crippen LogP contribution in [0.4, 0.5) is 0 Å². The molecule has 22 heavy (non-hydrogen) atoms. The Hall–Kier alpha value is -2.31. The summed E-state index contributed by atoms with van der Waals surface area (Å²) >= 11 is 0. The lowest BCUT2D eigenvalue weighted by Gasteiger charge is -2.05. The summed E-state index contributed by atoms with van der Waals surface area (Å²) in [5, 5.41) is 0. The third-order valence-corrected chi connectivity index (χ3v) is 3.41. The van der Waals surface area contributed by atoms with Crippen LogP contribution in [0.1, 0.15) is 27.7 Å². The van der Waals surface area contributed by atoms with Gasteiger partial charge in [-0.1, -0.05) is 27.7 Å². The first-order valence-corrected chi connectivity index (χ1v) is 7.53. The summed E-state index contributed by atoms with van der Waals surface area (Å²) in [4.78, 5) is 29.4. The molecule has 0 atom stereocenters. The van der Waals surface area contributed by atoms with Crippen molar-refractivity contribution >= 4 is 11.2 Å². The van der Waals surface area contributed by atoms with Gasteiger partial charge in [-0.2, -0.15) is 4.98 Å². The van der Waals surface area contributed by atoms with Gasteiger partial charge in [0.15, 0.2) is 11.5 Å². The molecule has 0 radical (unpaired) electrons. The standard InChI is InChI=1S/C15H20N6O/c1-9(2)5-20-8-18-11-12-14(17-7-16-13(11)20)21(6-10(3)4)15(22)19-12/h7-10H,5-6H2,1-4H3. The van der Waals surface area contributed by atoms with Gasteiger partial charge in [0.2, 0.25) is 0 Å². The van der Waals surface area contributed by atoms with Crippen molar-refractivity contribution in [3.05, 3.63) is 23.1 Å². The summed E-state index contributed by atoms with van der Waals surface area (Å²) < 4.78 is 3.58. The second-order valence-corrected chi connectivity index (χ2v) is 6.41. The summed E-state index contributed by atoms with van der Waals surface area (Å²) in [6.45, 7) is 9.77. The molecule has 1 aromatic heterocycles. The third kappa shape index (κ3) is 2.47. The van der Waals surface area contributed by atoms with Crippen molar-refractivity contribution in [3.8, 4) is 11.5 Å². The van der Waals surface area contributed by atoms with Crippen molar-refractivity contribution in [2.45, 2.75) is 40.8 Å². The molecule has 0 N–H and O–H groups in total. The molecular formula is C15H20N6O. The number of rotatable bonds is 4. The van der Waals surface area contributed by atoms with Gasteiger partial charge in [0.1, 0.15) is 17.5 Å². The van der Waals surface area contributed by atoms with Crippen LogP contribution in [-0.2, 0) is 13.1 Å². The summed E-state index contributed by atoms with van der Waals surface area (Å²) in [5.41, 5.74) is 1.60. The molecule has 0 aromatic carbocycles. The van der Waals surface area contributed by atoms with Crippen LogP contribution in [0.2, 0.25) is 0 Å². The van der Waals surface area contributed by atoms with E-state index in [4.69, 9.17) is 0 Å². The number of hydrogen-bond acceptors (Lipinski definition) is 5. The average Bonchev–Trinajstić information content (AvgIpc) is 2.87. The Morgan fingerprint density at radius 1 is 1.05 bits per heavy atom. The minimum Gasteiger partial charge on any atom is -0.315 e. The Labute approximate surface area is 128 Å². The maximum absolute atomic E-state index is 12.2. The topological polar surface area (TPSA) is 78.5 Å². The Morgan fingerprint density at radius 2 is 1.77 bits per heavy atom. The molecule has 116 valence electrons.